The predicted molar refractivity (Wildman–Crippen MR) is 117 cm³/mol. The molecule has 1 aliphatic heterocycles. The second-order valence-corrected chi connectivity index (χ2v) is 7.54. The number of benzene rings is 1. The van der Waals surface area contributed by atoms with E-state index in [1.54, 1.807) is 29.3 Å². The van der Waals surface area contributed by atoms with Gasteiger partial charge in [0.1, 0.15) is 17.6 Å². The number of nitrogens with zero attached hydrogens (tertiary/aromatic N) is 2. The van der Waals surface area contributed by atoms with Crippen molar-refractivity contribution in [1.82, 2.24) is 15.2 Å². The van der Waals surface area contributed by atoms with Gasteiger partial charge in [-0.2, -0.15) is 0 Å². The summed E-state index contributed by atoms with van der Waals surface area (Å²) in [5.74, 6) is -1.66. The minimum absolute atomic E-state index is 0.122. The van der Waals surface area contributed by atoms with Crippen LogP contribution in [-0.4, -0.2) is 55.4 Å². The summed E-state index contributed by atoms with van der Waals surface area (Å²) in [5.41, 5.74) is 0.745. The van der Waals surface area contributed by atoms with Crippen LogP contribution in [0.1, 0.15) is 44.3 Å². The number of rotatable bonds is 7. The molecule has 4 N–H and O–H groups in total. The van der Waals surface area contributed by atoms with Crippen LogP contribution in [-0.2, 0) is 0 Å². The number of β-amino-alcohol motifs (C(OH)–C–C–N with tert-alkyl or cyclic N) is 1. The molecule has 0 amide bonds. The second kappa shape index (κ2) is 8.77. The van der Waals surface area contributed by atoms with Crippen molar-refractivity contribution in [2.24, 2.45) is 0 Å². The fourth-order valence-electron chi connectivity index (χ4n) is 3.75. The van der Waals surface area contributed by atoms with Crippen molar-refractivity contribution in [3.8, 4) is 11.3 Å². The molecule has 10 heteroatoms. The first-order valence-electron chi connectivity index (χ1n) is 9.69. The first kappa shape index (κ1) is 21.5. The second-order valence-electron chi connectivity index (χ2n) is 7.15. The zero-order valence-corrected chi connectivity index (χ0v) is 17.5. The number of nitrogens with one attached hydrogen (secondary N) is 1. The quantitative estimate of drug-likeness (QED) is 0.395. The lowest BCUT2D eigenvalue weighted by molar-refractivity contribution is 0.0696. The number of hydrogen-bond donors (Lipinski definition) is 4. The van der Waals surface area contributed by atoms with E-state index in [9.17, 15) is 24.9 Å². The lowest BCUT2D eigenvalue weighted by Gasteiger charge is -2.25. The monoisotopic (exact) mass is 453 g/mol. The largest absolute Gasteiger partial charge is 0.478 e. The first-order valence-corrected chi connectivity index (χ1v) is 10.1. The molecule has 32 heavy (non-hydrogen) atoms. The number of pyridine rings is 1. The number of aromatic carboxylic acids is 2. The number of carboxylic acids is 2. The zero-order valence-electron chi connectivity index (χ0n) is 16.6. The van der Waals surface area contributed by atoms with E-state index in [1.807, 2.05) is 12.1 Å². The van der Waals surface area contributed by atoms with E-state index in [1.165, 1.54) is 12.1 Å². The van der Waals surface area contributed by atoms with E-state index < -0.39 is 18.0 Å². The molecule has 0 spiro atoms. The molecular weight excluding hydrogens is 434 g/mol. The fraction of sp³-hybridized carbons (Fsp3) is 0.182. The molecule has 2 aromatic heterocycles. The molecule has 164 valence electrons. The van der Waals surface area contributed by atoms with Crippen LogP contribution in [0, 0.1) is 0 Å². The van der Waals surface area contributed by atoms with Crippen molar-refractivity contribution in [3.63, 3.8) is 0 Å². The molecule has 1 aromatic carbocycles. The topological polar surface area (TPSA) is 136 Å². The third-order valence-electron chi connectivity index (χ3n) is 5.17. The summed E-state index contributed by atoms with van der Waals surface area (Å²) in [6, 6.07) is 11.9. The maximum Gasteiger partial charge on any atom is 0.335 e. The van der Waals surface area contributed by atoms with E-state index in [4.69, 9.17) is 16.6 Å². The summed E-state index contributed by atoms with van der Waals surface area (Å²) < 4.78 is 6.06. The Morgan fingerprint density at radius 3 is 2.41 bits per heavy atom. The number of carbonyl (C=O) groups is 2. The molecule has 4 rings (SSSR count). The highest BCUT2D eigenvalue weighted by Crippen LogP contribution is 2.40. The summed E-state index contributed by atoms with van der Waals surface area (Å²) in [6.07, 6.45) is 1.67. The molecule has 0 radical (unpaired) electrons. The summed E-state index contributed by atoms with van der Waals surface area (Å²) in [5, 5.41) is 31.9. The smallest absolute Gasteiger partial charge is 0.335 e. The molecule has 3 heterocycles. The maximum absolute atomic E-state index is 11.4. The molecule has 2 atom stereocenters. The van der Waals surface area contributed by atoms with E-state index in [0.717, 1.165) is 11.8 Å². The van der Waals surface area contributed by atoms with Gasteiger partial charge in [-0.05, 0) is 54.7 Å². The van der Waals surface area contributed by atoms with Gasteiger partial charge >= 0.3 is 11.9 Å². The molecule has 0 bridgehead atoms. The highest BCUT2D eigenvalue weighted by molar-refractivity contribution is 7.80. The van der Waals surface area contributed by atoms with Gasteiger partial charge in [0.2, 0.25) is 0 Å². The van der Waals surface area contributed by atoms with Crippen LogP contribution < -0.4 is 5.32 Å². The SMILES string of the molecule is O=C(O)c1cc(C(=O)O)cc(-c2ccc([C@H]3[C@@H](c4ccccn4)NC(=S)N3CCO)o2)c1. The van der Waals surface area contributed by atoms with E-state index >= 15 is 0 Å². The Morgan fingerprint density at radius 1 is 1.09 bits per heavy atom. The van der Waals surface area contributed by atoms with Gasteiger partial charge in [0.25, 0.3) is 0 Å². The van der Waals surface area contributed by atoms with Crippen LogP contribution in [0.2, 0.25) is 0 Å². The minimum Gasteiger partial charge on any atom is -0.478 e. The lowest BCUT2D eigenvalue weighted by atomic mass is 10.0. The number of carboxylic acid groups (broad SMARTS) is 2. The normalized spacial score (nSPS) is 17.9. The molecule has 1 fully saturated rings. The van der Waals surface area contributed by atoms with Crippen molar-refractivity contribution in [1.29, 1.82) is 0 Å². The Hall–Kier alpha value is -3.76. The van der Waals surface area contributed by atoms with Crippen molar-refractivity contribution >= 4 is 29.3 Å². The van der Waals surface area contributed by atoms with Gasteiger partial charge in [-0.15, -0.1) is 0 Å². The van der Waals surface area contributed by atoms with Gasteiger partial charge in [-0.1, -0.05) is 6.07 Å². The minimum atomic E-state index is -1.24. The van der Waals surface area contributed by atoms with Gasteiger partial charge in [-0.25, -0.2) is 9.59 Å². The van der Waals surface area contributed by atoms with Crippen LogP contribution in [0.15, 0.2) is 59.1 Å². The van der Waals surface area contributed by atoms with Crippen molar-refractivity contribution in [3.05, 3.63) is 77.3 Å². The average Bonchev–Trinajstić information content (AvgIpc) is 3.39. The van der Waals surface area contributed by atoms with E-state index in [-0.39, 0.29) is 30.3 Å². The van der Waals surface area contributed by atoms with Gasteiger partial charge in [0.05, 0.1) is 29.5 Å². The van der Waals surface area contributed by atoms with E-state index in [0.29, 0.717) is 22.2 Å². The summed E-state index contributed by atoms with van der Waals surface area (Å²) in [4.78, 5) is 29.1. The number of aliphatic hydroxyl groups is 1. The lowest BCUT2D eigenvalue weighted by Crippen LogP contribution is -2.32. The number of thiocarbonyl (C=S) groups is 1. The molecule has 0 saturated carbocycles. The molecule has 1 saturated heterocycles. The Bertz CT molecular complexity index is 1150. The van der Waals surface area contributed by atoms with Crippen molar-refractivity contribution in [2.45, 2.75) is 12.1 Å². The predicted octanol–water partition coefficient (Wildman–Crippen LogP) is 2.70. The highest BCUT2D eigenvalue weighted by Gasteiger charge is 2.41. The maximum atomic E-state index is 11.4. The summed E-state index contributed by atoms with van der Waals surface area (Å²) >= 11 is 5.46. The standard InChI is InChI=1S/C22H19N3O6S/c26-8-7-25-19(18(24-22(25)32)15-3-1-2-6-23-15)17-5-4-16(31-17)12-9-13(20(27)28)11-14(10-12)21(29)30/h1-6,9-11,18-19,26H,7-8H2,(H,24,32)(H,27,28)(H,29,30)/t18-,19+/m1/s1. The Labute approximate surface area is 187 Å². The Balaban J connectivity index is 1.76. The van der Waals surface area contributed by atoms with E-state index in [2.05, 4.69) is 10.3 Å². The number of aliphatic hydroxyl groups excluding tert-OH is 1. The number of furan rings is 1. The molecule has 0 aliphatic carbocycles. The first-order chi connectivity index (χ1) is 15.4. The van der Waals surface area contributed by atoms with Crippen LogP contribution >= 0.6 is 12.2 Å². The number of aromatic nitrogens is 1. The third-order valence-corrected chi connectivity index (χ3v) is 5.52. The molecule has 1 aliphatic rings. The van der Waals surface area contributed by atoms with Crippen molar-refractivity contribution in [2.75, 3.05) is 13.2 Å². The van der Waals surface area contributed by atoms with Crippen LogP contribution in [0.4, 0.5) is 0 Å². The molecule has 9 nitrogen and oxygen atoms in total. The average molecular weight is 453 g/mol. The third kappa shape index (κ3) is 4.05. The Kier molecular flexibility index (Phi) is 5.89. The number of hydrogen-bond acceptors (Lipinski definition) is 6. The zero-order chi connectivity index (χ0) is 22.8. The highest BCUT2D eigenvalue weighted by atomic mass is 32.1. The Morgan fingerprint density at radius 2 is 1.81 bits per heavy atom. The fourth-order valence-corrected chi connectivity index (χ4v) is 4.08. The van der Waals surface area contributed by atoms with Crippen LogP contribution in [0.25, 0.3) is 11.3 Å². The van der Waals surface area contributed by atoms with Gasteiger partial charge in [0.15, 0.2) is 5.11 Å². The summed E-state index contributed by atoms with van der Waals surface area (Å²) in [6.45, 7) is 0.150. The van der Waals surface area contributed by atoms with Gasteiger partial charge in [-0.3, -0.25) is 4.98 Å². The van der Waals surface area contributed by atoms with Gasteiger partial charge < -0.3 is 30.0 Å². The molecular formula is C22H19N3O6S. The van der Waals surface area contributed by atoms with Crippen molar-refractivity contribution < 1.29 is 29.3 Å². The summed E-state index contributed by atoms with van der Waals surface area (Å²) in [7, 11) is 0. The molecule has 0 unspecified atom stereocenters. The van der Waals surface area contributed by atoms with Crippen LogP contribution in [0.3, 0.4) is 0 Å². The van der Waals surface area contributed by atoms with Crippen LogP contribution in [0.5, 0.6) is 0 Å². The molecule has 3 aromatic rings. The van der Waals surface area contributed by atoms with Gasteiger partial charge in [0, 0.05) is 18.3 Å².